The zero-order chi connectivity index (χ0) is 16.8. The Morgan fingerprint density at radius 3 is 2.22 bits per heavy atom. The first kappa shape index (κ1) is 17.1. The number of non-ortho nitro benzene ring substituents is 1. The lowest BCUT2D eigenvalue weighted by Gasteiger charge is -2.10. The first-order chi connectivity index (χ1) is 11.0. The van der Waals surface area contributed by atoms with Gasteiger partial charge in [-0.25, -0.2) is 4.79 Å². The highest BCUT2D eigenvalue weighted by Crippen LogP contribution is 2.32. The van der Waals surface area contributed by atoms with E-state index in [1.807, 2.05) is 0 Å². The molecule has 2 aromatic carbocycles. The molecule has 8 heteroatoms. The third kappa shape index (κ3) is 4.58. The summed E-state index contributed by atoms with van der Waals surface area (Å²) >= 11 is 11.9. The van der Waals surface area contributed by atoms with E-state index in [0.717, 1.165) is 0 Å². The van der Waals surface area contributed by atoms with Crippen molar-refractivity contribution >= 4 is 34.9 Å². The number of esters is 1. The molecule has 23 heavy (non-hydrogen) atoms. The van der Waals surface area contributed by atoms with Crippen molar-refractivity contribution in [3.63, 3.8) is 0 Å². The van der Waals surface area contributed by atoms with Gasteiger partial charge in [0.05, 0.1) is 20.5 Å². The van der Waals surface area contributed by atoms with E-state index < -0.39 is 10.9 Å². The van der Waals surface area contributed by atoms with Crippen LogP contribution in [0.15, 0.2) is 42.5 Å². The van der Waals surface area contributed by atoms with Gasteiger partial charge < -0.3 is 9.47 Å². The Kier molecular flexibility index (Phi) is 5.78. The molecular formula is C15H11Cl2NO5. The van der Waals surface area contributed by atoms with Crippen LogP contribution < -0.4 is 4.74 Å². The molecule has 0 bridgehead atoms. The number of nitro groups is 1. The fraction of sp³-hybridized carbons (Fsp3) is 0.133. The van der Waals surface area contributed by atoms with Gasteiger partial charge in [0, 0.05) is 12.1 Å². The van der Waals surface area contributed by atoms with Crippen molar-refractivity contribution in [2.75, 3.05) is 13.2 Å². The maximum Gasteiger partial charge on any atom is 0.338 e. The van der Waals surface area contributed by atoms with Crippen molar-refractivity contribution in [1.82, 2.24) is 0 Å². The van der Waals surface area contributed by atoms with Gasteiger partial charge in [-0.3, -0.25) is 10.1 Å². The predicted octanol–water partition coefficient (Wildman–Crippen LogP) is 4.14. The monoisotopic (exact) mass is 355 g/mol. The molecule has 0 aliphatic heterocycles. The minimum atomic E-state index is -0.603. The van der Waals surface area contributed by atoms with Gasteiger partial charge in [0.15, 0.2) is 5.75 Å². The Hall–Kier alpha value is -2.31. The number of ether oxygens (including phenoxy) is 2. The van der Waals surface area contributed by atoms with Gasteiger partial charge in [0.1, 0.15) is 13.2 Å². The molecule has 120 valence electrons. The molecule has 0 unspecified atom stereocenters. The summed E-state index contributed by atoms with van der Waals surface area (Å²) in [6.45, 7) is 0.0551. The van der Waals surface area contributed by atoms with Crippen LogP contribution in [0.2, 0.25) is 10.0 Å². The molecule has 0 radical (unpaired) electrons. The highest BCUT2D eigenvalue weighted by atomic mass is 35.5. The Morgan fingerprint density at radius 1 is 1.04 bits per heavy atom. The minimum absolute atomic E-state index is 0.0165. The number of carbonyl (C=O) groups excluding carboxylic acids is 1. The van der Waals surface area contributed by atoms with Crippen molar-refractivity contribution in [1.29, 1.82) is 0 Å². The smallest absolute Gasteiger partial charge is 0.338 e. The van der Waals surface area contributed by atoms with Crippen LogP contribution in [-0.2, 0) is 4.74 Å². The molecule has 0 spiro atoms. The molecule has 0 fully saturated rings. The van der Waals surface area contributed by atoms with E-state index in [4.69, 9.17) is 32.7 Å². The maximum absolute atomic E-state index is 11.8. The van der Waals surface area contributed by atoms with Crippen LogP contribution in [0.4, 0.5) is 5.69 Å². The SMILES string of the molecule is O=C(OCCOc1c(Cl)cccc1Cl)c1ccc([N+](=O)[O-])cc1. The summed E-state index contributed by atoms with van der Waals surface area (Å²) in [5.41, 5.74) is 0.115. The van der Waals surface area contributed by atoms with E-state index in [1.54, 1.807) is 18.2 Å². The van der Waals surface area contributed by atoms with Crippen molar-refractivity contribution in [2.45, 2.75) is 0 Å². The van der Waals surface area contributed by atoms with Crippen molar-refractivity contribution < 1.29 is 19.2 Å². The third-order valence-electron chi connectivity index (χ3n) is 2.80. The summed E-state index contributed by atoms with van der Waals surface area (Å²) in [6.07, 6.45) is 0. The molecule has 0 atom stereocenters. The van der Waals surface area contributed by atoms with Crippen LogP contribution in [0.1, 0.15) is 10.4 Å². The average Bonchev–Trinajstić information content (AvgIpc) is 2.53. The molecule has 0 saturated heterocycles. The van der Waals surface area contributed by atoms with Gasteiger partial charge in [-0.2, -0.15) is 0 Å². The van der Waals surface area contributed by atoms with Crippen LogP contribution in [-0.4, -0.2) is 24.1 Å². The normalized spacial score (nSPS) is 10.2. The van der Waals surface area contributed by atoms with Gasteiger partial charge in [0.25, 0.3) is 5.69 Å². The number of nitrogens with zero attached hydrogens (tertiary/aromatic N) is 1. The van der Waals surface area contributed by atoms with Gasteiger partial charge in [-0.15, -0.1) is 0 Å². The number of hydrogen-bond donors (Lipinski definition) is 0. The predicted molar refractivity (Wildman–Crippen MR) is 85.3 cm³/mol. The Labute approximate surface area is 141 Å². The highest BCUT2D eigenvalue weighted by Gasteiger charge is 2.11. The second-order valence-corrected chi connectivity index (χ2v) is 5.15. The fourth-order valence-corrected chi connectivity index (χ4v) is 2.21. The number of benzene rings is 2. The van der Waals surface area contributed by atoms with Crippen LogP contribution >= 0.6 is 23.2 Å². The number of hydrogen-bond acceptors (Lipinski definition) is 5. The largest absolute Gasteiger partial charge is 0.487 e. The lowest BCUT2D eigenvalue weighted by molar-refractivity contribution is -0.384. The van der Waals surface area contributed by atoms with E-state index in [-0.39, 0.29) is 24.5 Å². The van der Waals surface area contributed by atoms with Crippen molar-refractivity contribution in [3.8, 4) is 5.75 Å². The van der Waals surface area contributed by atoms with Gasteiger partial charge in [-0.05, 0) is 24.3 Å². The Balaban J connectivity index is 1.84. The number of rotatable bonds is 6. The highest BCUT2D eigenvalue weighted by molar-refractivity contribution is 6.37. The quantitative estimate of drug-likeness (QED) is 0.336. The number of para-hydroxylation sites is 1. The lowest BCUT2D eigenvalue weighted by atomic mass is 10.2. The summed E-state index contributed by atoms with van der Waals surface area (Å²) in [6, 6.07) is 10.1. The second kappa shape index (κ2) is 7.80. The average molecular weight is 356 g/mol. The second-order valence-electron chi connectivity index (χ2n) is 4.34. The first-order valence-corrected chi connectivity index (χ1v) is 7.23. The van der Waals surface area contributed by atoms with E-state index in [2.05, 4.69) is 0 Å². The molecule has 0 N–H and O–H groups in total. The minimum Gasteiger partial charge on any atom is -0.487 e. The van der Waals surface area contributed by atoms with Gasteiger partial charge in [0.2, 0.25) is 0 Å². The van der Waals surface area contributed by atoms with Crippen LogP contribution in [0.25, 0.3) is 0 Å². The summed E-state index contributed by atoms with van der Waals surface area (Å²) in [7, 11) is 0. The number of carbonyl (C=O) groups is 1. The summed E-state index contributed by atoms with van der Waals surface area (Å²) in [5, 5.41) is 11.3. The molecule has 0 saturated carbocycles. The zero-order valence-electron chi connectivity index (χ0n) is 11.7. The first-order valence-electron chi connectivity index (χ1n) is 6.47. The molecule has 0 aliphatic carbocycles. The maximum atomic E-state index is 11.8. The van der Waals surface area contributed by atoms with Crippen molar-refractivity contribution in [2.24, 2.45) is 0 Å². The zero-order valence-corrected chi connectivity index (χ0v) is 13.2. The molecule has 0 heterocycles. The molecule has 2 rings (SSSR count). The molecular weight excluding hydrogens is 345 g/mol. The summed E-state index contributed by atoms with van der Waals surface area (Å²) in [5.74, 6) is -0.282. The summed E-state index contributed by atoms with van der Waals surface area (Å²) in [4.78, 5) is 21.8. The lowest BCUT2D eigenvalue weighted by Crippen LogP contribution is -2.12. The molecule has 0 aromatic heterocycles. The van der Waals surface area contributed by atoms with Crippen LogP contribution in [0.5, 0.6) is 5.75 Å². The van der Waals surface area contributed by atoms with E-state index >= 15 is 0 Å². The van der Waals surface area contributed by atoms with E-state index in [9.17, 15) is 14.9 Å². The number of halogens is 2. The molecule has 2 aromatic rings. The van der Waals surface area contributed by atoms with E-state index in [1.165, 1.54) is 24.3 Å². The Morgan fingerprint density at radius 2 is 1.65 bits per heavy atom. The van der Waals surface area contributed by atoms with Gasteiger partial charge in [-0.1, -0.05) is 29.3 Å². The third-order valence-corrected chi connectivity index (χ3v) is 3.39. The molecule has 0 aliphatic rings. The number of nitro benzene ring substituents is 1. The topological polar surface area (TPSA) is 78.7 Å². The van der Waals surface area contributed by atoms with Crippen molar-refractivity contribution in [3.05, 3.63) is 68.2 Å². The van der Waals surface area contributed by atoms with Crippen LogP contribution in [0, 0.1) is 10.1 Å². The molecule has 6 nitrogen and oxygen atoms in total. The standard InChI is InChI=1S/C15H11Cl2NO5/c16-12-2-1-3-13(17)14(12)22-8-9-23-15(19)10-4-6-11(7-5-10)18(20)21/h1-7H,8-9H2. The molecule has 0 amide bonds. The van der Waals surface area contributed by atoms with Gasteiger partial charge >= 0.3 is 5.97 Å². The van der Waals surface area contributed by atoms with Crippen LogP contribution in [0.3, 0.4) is 0 Å². The Bertz CT molecular complexity index is 698. The van der Waals surface area contributed by atoms with E-state index in [0.29, 0.717) is 15.8 Å². The fourth-order valence-electron chi connectivity index (χ4n) is 1.70. The summed E-state index contributed by atoms with van der Waals surface area (Å²) < 4.78 is 10.4.